The van der Waals surface area contributed by atoms with Crippen LogP contribution in [0.3, 0.4) is 0 Å². The average Bonchev–Trinajstić information content (AvgIpc) is 2.67. The average molecular weight is 398 g/mol. The van der Waals surface area contributed by atoms with E-state index in [0.29, 0.717) is 24.2 Å². The third kappa shape index (κ3) is 5.13. The number of carbonyl (C=O) groups excluding carboxylic acids is 2. The van der Waals surface area contributed by atoms with Crippen molar-refractivity contribution in [1.82, 2.24) is 9.88 Å². The molecule has 1 fully saturated rings. The third-order valence-corrected chi connectivity index (χ3v) is 5.78. The number of thioether (sulfide) groups is 1. The van der Waals surface area contributed by atoms with E-state index in [-0.39, 0.29) is 17.7 Å². The molecule has 0 spiro atoms. The van der Waals surface area contributed by atoms with Crippen molar-refractivity contribution in [2.45, 2.75) is 43.8 Å². The van der Waals surface area contributed by atoms with Crippen molar-refractivity contribution in [2.75, 3.05) is 18.4 Å². The molecule has 5 nitrogen and oxygen atoms in total. The fraction of sp³-hybridized carbons (Fsp3) is 0.409. The number of nitrogens with one attached hydrogen (secondary N) is 1. The van der Waals surface area contributed by atoms with Crippen LogP contribution in [-0.2, 0) is 4.79 Å². The number of anilines is 1. The van der Waals surface area contributed by atoms with Crippen LogP contribution in [0.4, 0.5) is 5.82 Å². The summed E-state index contributed by atoms with van der Waals surface area (Å²) in [6, 6.07) is 13.3. The predicted molar refractivity (Wildman–Crippen MR) is 114 cm³/mol. The topological polar surface area (TPSA) is 62.3 Å². The minimum atomic E-state index is -0.218. The number of pyridine rings is 1. The first-order valence-corrected chi connectivity index (χ1v) is 10.6. The molecule has 0 radical (unpaired) electrons. The van der Waals surface area contributed by atoms with E-state index < -0.39 is 0 Å². The zero-order valence-corrected chi connectivity index (χ0v) is 17.5. The third-order valence-electron chi connectivity index (χ3n) is 4.70. The van der Waals surface area contributed by atoms with E-state index in [2.05, 4.69) is 24.1 Å². The number of piperidine rings is 1. The van der Waals surface area contributed by atoms with Crippen LogP contribution >= 0.6 is 11.8 Å². The Morgan fingerprint density at radius 1 is 1.18 bits per heavy atom. The molecule has 1 aromatic carbocycles. The van der Waals surface area contributed by atoms with Gasteiger partial charge in [0.1, 0.15) is 5.82 Å². The van der Waals surface area contributed by atoms with Gasteiger partial charge in [-0.3, -0.25) is 9.59 Å². The van der Waals surface area contributed by atoms with Gasteiger partial charge in [0.05, 0.1) is 11.5 Å². The number of amides is 2. The van der Waals surface area contributed by atoms with E-state index in [1.165, 1.54) is 0 Å². The Labute approximate surface area is 170 Å². The summed E-state index contributed by atoms with van der Waals surface area (Å²) in [5.41, 5.74) is 1.58. The van der Waals surface area contributed by atoms with Gasteiger partial charge in [-0.1, -0.05) is 32.0 Å². The normalized spacial score (nSPS) is 16.9. The first-order chi connectivity index (χ1) is 13.4. The van der Waals surface area contributed by atoms with Gasteiger partial charge in [-0.25, -0.2) is 4.98 Å². The monoisotopic (exact) mass is 397 g/mol. The van der Waals surface area contributed by atoms with Gasteiger partial charge in [0.2, 0.25) is 5.91 Å². The highest BCUT2D eigenvalue weighted by Gasteiger charge is 2.30. The molecule has 1 unspecified atom stereocenters. The highest BCUT2D eigenvalue weighted by Crippen LogP contribution is 2.29. The molecule has 1 atom stereocenters. The number of hydrogen-bond acceptors (Lipinski definition) is 4. The van der Waals surface area contributed by atoms with Crippen LogP contribution in [0.1, 0.15) is 42.7 Å². The van der Waals surface area contributed by atoms with Crippen LogP contribution in [0.25, 0.3) is 0 Å². The van der Waals surface area contributed by atoms with Crippen molar-refractivity contribution < 1.29 is 9.59 Å². The maximum atomic E-state index is 13.1. The number of hydrogen-bond donors (Lipinski definition) is 1. The molecule has 2 aromatic rings. The minimum Gasteiger partial charge on any atom is -0.338 e. The zero-order valence-electron chi connectivity index (χ0n) is 16.6. The van der Waals surface area contributed by atoms with Crippen molar-refractivity contribution in [3.05, 3.63) is 53.7 Å². The minimum absolute atomic E-state index is 0.00919. The maximum absolute atomic E-state index is 13.1. The van der Waals surface area contributed by atoms with Gasteiger partial charge in [-0.2, -0.15) is 0 Å². The number of rotatable bonds is 5. The van der Waals surface area contributed by atoms with Crippen LogP contribution in [0, 0.1) is 12.8 Å². The lowest BCUT2D eigenvalue weighted by atomic mass is 9.96. The van der Waals surface area contributed by atoms with Crippen LogP contribution < -0.4 is 5.32 Å². The number of likely N-dealkylation sites (tertiary alicyclic amines) is 1. The summed E-state index contributed by atoms with van der Waals surface area (Å²) in [5.74, 6) is 0.285. The summed E-state index contributed by atoms with van der Waals surface area (Å²) in [4.78, 5) is 33.0. The maximum Gasteiger partial charge on any atom is 0.255 e. The van der Waals surface area contributed by atoms with Gasteiger partial charge in [-0.05, 0) is 44.0 Å². The van der Waals surface area contributed by atoms with Gasteiger partial charge >= 0.3 is 0 Å². The van der Waals surface area contributed by atoms with Gasteiger partial charge in [0, 0.05) is 28.9 Å². The number of carbonyl (C=O) groups is 2. The zero-order chi connectivity index (χ0) is 20.1. The standard InChI is InChI=1S/C22H27N3O2S/c1-15(2)28-19-11-5-4-10-18(19)22(27)25-13-7-9-17(14-25)21(26)24-20-12-6-8-16(3)23-20/h4-6,8,10-12,15,17H,7,9,13-14H2,1-3H3,(H,23,24,26). The first-order valence-electron chi connectivity index (χ1n) is 9.73. The molecule has 1 aromatic heterocycles. The Hall–Kier alpha value is -2.34. The van der Waals surface area contributed by atoms with E-state index in [9.17, 15) is 9.59 Å². The summed E-state index contributed by atoms with van der Waals surface area (Å²) in [5, 5.41) is 3.30. The molecule has 6 heteroatoms. The molecular weight excluding hydrogens is 370 g/mol. The first kappa shape index (κ1) is 20.4. The van der Waals surface area contributed by atoms with Gasteiger partial charge in [0.25, 0.3) is 5.91 Å². The lowest BCUT2D eigenvalue weighted by Crippen LogP contribution is -2.44. The number of aromatic nitrogens is 1. The molecule has 28 heavy (non-hydrogen) atoms. The Bertz CT molecular complexity index is 853. The molecule has 1 N–H and O–H groups in total. The number of benzene rings is 1. The molecule has 1 aliphatic rings. The van der Waals surface area contributed by atoms with Gasteiger partial charge in [0.15, 0.2) is 0 Å². The van der Waals surface area contributed by atoms with E-state index in [1.807, 2.05) is 48.2 Å². The van der Waals surface area contributed by atoms with E-state index in [0.717, 1.165) is 29.0 Å². The molecule has 148 valence electrons. The Morgan fingerprint density at radius 2 is 1.96 bits per heavy atom. The Kier molecular flexibility index (Phi) is 6.73. The van der Waals surface area contributed by atoms with Crippen molar-refractivity contribution in [3.63, 3.8) is 0 Å². The van der Waals surface area contributed by atoms with E-state index >= 15 is 0 Å². The second kappa shape index (κ2) is 9.24. The summed E-state index contributed by atoms with van der Waals surface area (Å²) < 4.78 is 0. The second-order valence-corrected chi connectivity index (χ2v) is 9.02. The SMILES string of the molecule is Cc1cccc(NC(=O)C2CCCN(C(=O)c3ccccc3SC(C)C)C2)n1. The largest absolute Gasteiger partial charge is 0.338 e. The number of nitrogens with zero attached hydrogens (tertiary/aromatic N) is 2. The molecule has 2 amide bonds. The highest BCUT2D eigenvalue weighted by molar-refractivity contribution is 8.00. The molecule has 0 aliphatic carbocycles. The Morgan fingerprint density at radius 3 is 2.71 bits per heavy atom. The van der Waals surface area contributed by atoms with E-state index in [1.54, 1.807) is 17.8 Å². The van der Waals surface area contributed by atoms with Crippen LogP contribution in [0.2, 0.25) is 0 Å². The second-order valence-electron chi connectivity index (χ2n) is 7.41. The van der Waals surface area contributed by atoms with Crippen molar-refractivity contribution in [1.29, 1.82) is 0 Å². The van der Waals surface area contributed by atoms with Crippen molar-refractivity contribution in [3.8, 4) is 0 Å². The molecule has 1 saturated heterocycles. The highest BCUT2D eigenvalue weighted by atomic mass is 32.2. The molecule has 3 rings (SSSR count). The molecule has 2 heterocycles. The lowest BCUT2D eigenvalue weighted by Gasteiger charge is -2.32. The van der Waals surface area contributed by atoms with Crippen LogP contribution in [-0.4, -0.2) is 40.0 Å². The summed E-state index contributed by atoms with van der Waals surface area (Å²) >= 11 is 1.69. The summed E-state index contributed by atoms with van der Waals surface area (Å²) in [7, 11) is 0. The predicted octanol–water partition coefficient (Wildman–Crippen LogP) is 4.38. The number of aryl methyl sites for hydroxylation is 1. The fourth-order valence-electron chi connectivity index (χ4n) is 3.39. The van der Waals surface area contributed by atoms with Gasteiger partial charge in [-0.15, -0.1) is 11.8 Å². The van der Waals surface area contributed by atoms with Crippen molar-refractivity contribution >= 4 is 29.4 Å². The van der Waals surface area contributed by atoms with E-state index in [4.69, 9.17) is 0 Å². The van der Waals surface area contributed by atoms with Crippen LogP contribution in [0.15, 0.2) is 47.4 Å². The molecular formula is C22H27N3O2S. The quantitative estimate of drug-likeness (QED) is 0.761. The Balaban J connectivity index is 1.69. The molecule has 0 saturated carbocycles. The van der Waals surface area contributed by atoms with Crippen LogP contribution in [0.5, 0.6) is 0 Å². The smallest absolute Gasteiger partial charge is 0.255 e. The fourth-order valence-corrected chi connectivity index (χ4v) is 4.33. The van der Waals surface area contributed by atoms with Crippen molar-refractivity contribution in [2.24, 2.45) is 5.92 Å². The molecule has 0 bridgehead atoms. The van der Waals surface area contributed by atoms with Gasteiger partial charge < -0.3 is 10.2 Å². The molecule has 1 aliphatic heterocycles. The summed E-state index contributed by atoms with van der Waals surface area (Å²) in [6.45, 7) is 7.26. The summed E-state index contributed by atoms with van der Waals surface area (Å²) in [6.07, 6.45) is 1.61. The lowest BCUT2D eigenvalue weighted by molar-refractivity contribution is -0.121.